The van der Waals surface area contributed by atoms with Gasteiger partial charge in [0.2, 0.25) is 0 Å². The van der Waals surface area contributed by atoms with Crippen LogP contribution in [0.2, 0.25) is 0 Å². The highest BCUT2D eigenvalue weighted by atomic mass is 16.5. The molecule has 7 heteroatoms. The molecular weight excluding hydrogens is 238 g/mol. The second kappa shape index (κ2) is 4.67. The molecule has 0 bridgehead atoms. The number of aromatic nitrogens is 1. The molecule has 2 rings (SSSR count). The summed E-state index contributed by atoms with van der Waals surface area (Å²) in [5.74, 6) is -0.612. The molecule has 0 unspecified atom stereocenters. The molecule has 0 atom stereocenters. The Morgan fingerprint density at radius 1 is 1.50 bits per heavy atom. The van der Waals surface area contributed by atoms with Gasteiger partial charge in [0.25, 0.3) is 0 Å². The van der Waals surface area contributed by atoms with E-state index in [1.807, 2.05) is 6.92 Å². The third-order valence-electron chi connectivity index (χ3n) is 3.12. The Kier molecular flexibility index (Phi) is 3.22. The molecular formula is C11H15N3O4. The van der Waals surface area contributed by atoms with E-state index in [0.29, 0.717) is 12.3 Å². The lowest BCUT2D eigenvalue weighted by molar-refractivity contribution is -0.146. The molecule has 1 fully saturated rings. The SMILES string of the molecule is Cc1noc(C)c1CNC(=O)N1CC(C(=O)O)C1. The van der Waals surface area contributed by atoms with E-state index in [9.17, 15) is 9.59 Å². The molecule has 2 heterocycles. The van der Waals surface area contributed by atoms with Crippen LogP contribution in [-0.4, -0.2) is 40.3 Å². The van der Waals surface area contributed by atoms with Gasteiger partial charge in [-0.3, -0.25) is 4.79 Å². The first-order valence-electron chi connectivity index (χ1n) is 5.66. The minimum atomic E-state index is -0.857. The van der Waals surface area contributed by atoms with Crippen molar-refractivity contribution in [3.05, 3.63) is 17.0 Å². The monoisotopic (exact) mass is 253 g/mol. The lowest BCUT2D eigenvalue weighted by Gasteiger charge is -2.36. The van der Waals surface area contributed by atoms with Gasteiger partial charge in [-0.25, -0.2) is 4.79 Å². The average molecular weight is 253 g/mol. The van der Waals surface area contributed by atoms with Crippen molar-refractivity contribution < 1.29 is 19.2 Å². The molecule has 1 aromatic heterocycles. The zero-order valence-corrected chi connectivity index (χ0v) is 10.3. The second-order valence-electron chi connectivity index (χ2n) is 4.40. The molecule has 1 saturated heterocycles. The van der Waals surface area contributed by atoms with Crippen molar-refractivity contribution in [1.82, 2.24) is 15.4 Å². The Labute approximate surface area is 104 Å². The predicted octanol–water partition coefficient (Wildman–Crippen LogP) is 0.517. The summed E-state index contributed by atoms with van der Waals surface area (Å²) in [6.45, 7) is 4.47. The first kappa shape index (κ1) is 12.4. The van der Waals surface area contributed by atoms with E-state index in [2.05, 4.69) is 10.5 Å². The number of urea groups is 1. The third kappa shape index (κ3) is 2.29. The van der Waals surface area contributed by atoms with Crippen LogP contribution in [0, 0.1) is 19.8 Å². The highest BCUT2D eigenvalue weighted by Crippen LogP contribution is 2.16. The number of amides is 2. The van der Waals surface area contributed by atoms with E-state index < -0.39 is 11.9 Å². The number of nitrogens with one attached hydrogen (secondary N) is 1. The molecule has 0 radical (unpaired) electrons. The maximum atomic E-state index is 11.7. The summed E-state index contributed by atoms with van der Waals surface area (Å²) in [5.41, 5.74) is 1.61. The molecule has 0 aromatic carbocycles. The summed E-state index contributed by atoms with van der Waals surface area (Å²) >= 11 is 0. The first-order chi connectivity index (χ1) is 8.49. The number of hydrogen-bond donors (Lipinski definition) is 2. The Morgan fingerprint density at radius 2 is 2.17 bits per heavy atom. The van der Waals surface area contributed by atoms with Crippen LogP contribution in [0.4, 0.5) is 4.79 Å². The number of rotatable bonds is 3. The zero-order valence-electron chi connectivity index (χ0n) is 10.3. The quantitative estimate of drug-likeness (QED) is 0.818. The minimum absolute atomic E-state index is 0.257. The lowest BCUT2D eigenvalue weighted by atomic mass is 10.0. The summed E-state index contributed by atoms with van der Waals surface area (Å²) in [4.78, 5) is 23.8. The molecule has 1 aliphatic rings. The van der Waals surface area contributed by atoms with E-state index in [0.717, 1.165) is 11.3 Å². The first-order valence-corrected chi connectivity index (χ1v) is 5.66. The molecule has 2 amide bonds. The number of likely N-dealkylation sites (tertiary alicyclic amines) is 1. The summed E-state index contributed by atoms with van der Waals surface area (Å²) in [7, 11) is 0. The minimum Gasteiger partial charge on any atom is -0.481 e. The van der Waals surface area contributed by atoms with Crippen LogP contribution in [0.3, 0.4) is 0 Å². The van der Waals surface area contributed by atoms with E-state index in [-0.39, 0.29) is 19.1 Å². The smallest absolute Gasteiger partial charge is 0.317 e. The molecule has 18 heavy (non-hydrogen) atoms. The fourth-order valence-corrected chi connectivity index (χ4v) is 1.83. The van der Waals surface area contributed by atoms with Crippen LogP contribution >= 0.6 is 0 Å². The number of carbonyl (C=O) groups is 2. The van der Waals surface area contributed by atoms with Gasteiger partial charge in [0, 0.05) is 25.2 Å². The molecule has 1 aliphatic heterocycles. The Bertz CT molecular complexity index is 457. The summed E-state index contributed by atoms with van der Waals surface area (Å²) < 4.78 is 4.98. The van der Waals surface area contributed by atoms with Crippen molar-refractivity contribution >= 4 is 12.0 Å². The fraction of sp³-hybridized carbons (Fsp3) is 0.545. The number of aliphatic carboxylic acids is 1. The Hall–Kier alpha value is -2.05. The number of carbonyl (C=O) groups excluding carboxylic acids is 1. The zero-order chi connectivity index (χ0) is 13.3. The summed E-state index contributed by atoms with van der Waals surface area (Å²) in [6.07, 6.45) is 0. The molecule has 0 spiro atoms. The number of carboxylic acids is 1. The van der Waals surface area contributed by atoms with Crippen LogP contribution in [0.15, 0.2) is 4.52 Å². The lowest BCUT2D eigenvalue weighted by Crippen LogP contribution is -2.56. The molecule has 7 nitrogen and oxygen atoms in total. The summed E-state index contributed by atoms with van der Waals surface area (Å²) in [5, 5.41) is 15.2. The van der Waals surface area contributed by atoms with Crippen LogP contribution in [0.1, 0.15) is 17.0 Å². The van der Waals surface area contributed by atoms with Gasteiger partial charge >= 0.3 is 12.0 Å². The largest absolute Gasteiger partial charge is 0.481 e. The average Bonchev–Trinajstić information content (AvgIpc) is 2.53. The van der Waals surface area contributed by atoms with Gasteiger partial charge in [-0.05, 0) is 13.8 Å². The highest BCUT2D eigenvalue weighted by molar-refractivity contribution is 5.79. The molecule has 0 saturated carbocycles. The molecule has 0 aliphatic carbocycles. The van der Waals surface area contributed by atoms with Crippen LogP contribution in [0.5, 0.6) is 0 Å². The maximum absolute atomic E-state index is 11.7. The topological polar surface area (TPSA) is 95.7 Å². The number of aryl methyl sites for hydroxylation is 2. The number of nitrogens with zero attached hydrogens (tertiary/aromatic N) is 2. The predicted molar refractivity (Wildman–Crippen MR) is 60.9 cm³/mol. The van der Waals surface area contributed by atoms with Crippen molar-refractivity contribution in [3.63, 3.8) is 0 Å². The third-order valence-corrected chi connectivity index (χ3v) is 3.12. The van der Waals surface area contributed by atoms with E-state index >= 15 is 0 Å². The van der Waals surface area contributed by atoms with E-state index in [1.165, 1.54) is 4.90 Å². The van der Waals surface area contributed by atoms with Crippen LogP contribution in [0.25, 0.3) is 0 Å². The van der Waals surface area contributed by atoms with Gasteiger partial charge in [-0.2, -0.15) is 0 Å². The van der Waals surface area contributed by atoms with Crippen molar-refractivity contribution in [2.75, 3.05) is 13.1 Å². The van der Waals surface area contributed by atoms with Gasteiger partial charge in [0.1, 0.15) is 5.76 Å². The van der Waals surface area contributed by atoms with E-state index in [4.69, 9.17) is 9.63 Å². The molecule has 1 aromatic rings. The van der Waals surface area contributed by atoms with E-state index in [1.54, 1.807) is 6.92 Å². The molecule has 98 valence electrons. The van der Waals surface area contributed by atoms with Crippen molar-refractivity contribution in [2.45, 2.75) is 20.4 Å². The van der Waals surface area contributed by atoms with Gasteiger partial charge in [-0.1, -0.05) is 5.16 Å². The van der Waals surface area contributed by atoms with Crippen molar-refractivity contribution in [3.8, 4) is 0 Å². The highest BCUT2D eigenvalue weighted by Gasteiger charge is 2.35. The maximum Gasteiger partial charge on any atom is 0.317 e. The van der Waals surface area contributed by atoms with Crippen LogP contribution < -0.4 is 5.32 Å². The Balaban J connectivity index is 1.82. The van der Waals surface area contributed by atoms with Crippen LogP contribution in [-0.2, 0) is 11.3 Å². The van der Waals surface area contributed by atoms with Gasteiger partial charge in [-0.15, -0.1) is 0 Å². The fourth-order valence-electron chi connectivity index (χ4n) is 1.83. The molecule has 2 N–H and O–H groups in total. The van der Waals surface area contributed by atoms with Gasteiger partial charge in [0.05, 0.1) is 11.6 Å². The normalized spacial score (nSPS) is 15.3. The van der Waals surface area contributed by atoms with Crippen molar-refractivity contribution in [1.29, 1.82) is 0 Å². The van der Waals surface area contributed by atoms with Gasteiger partial charge in [0.15, 0.2) is 0 Å². The Morgan fingerprint density at radius 3 is 2.67 bits per heavy atom. The van der Waals surface area contributed by atoms with Crippen molar-refractivity contribution in [2.24, 2.45) is 5.92 Å². The number of carboxylic acid groups (broad SMARTS) is 1. The standard InChI is InChI=1S/C11H15N3O4/c1-6-9(7(2)18-13-6)3-12-11(17)14-4-8(5-14)10(15)16/h8H,3-5H2,1-2H3,(H,12,17)(H,15,16). The summed E-state index contributed by atoms with van der Waals surface area (Å²) in [6, 6.07) is -0.257. The second-order valence-corrected chi connectivity index (χ2v) is 4.40. The number of hydrogen-bond acceptors (Lipinski definition) is 4. The van der Waals surface area contributed by atoms with Gasteiger partial charge < -0.3 is 19.8 Å².